The summed E-state index contributed by atoms with van der Waals surface area (Å²) in [6.07, 6.45) is 9.06. The Balaban J connectivity index is 3.93. The smallest absolute Gasteiger partial charge is 0.0737 e. The highest BCUT2D eigenvalue weighted by Gasteiger charge is 2.17. The first-order chi connectivity index (χ1) is 6.29. The van der Waals surface area contributed by atoms with E-state index in [1.54, 1.807) is 7.11 Å². The van der Waals surface area contributed by atoms with Crippen molar-refractivity contribution in [3.8, 4) is 12.3 Å². The van der Waals surface area contributed by atoms with Crippen molar-refractivity contribution in [1.29, 1.82) is 0 Å². The van der Waals surface area contributed by atoms with Crippen LogP contribution in [0.1, 0.15) is 32.6 Å². The van der Waals surface area contributed by atoms with E-state index in [2.05, 4.69) is 18.3 Å². The molecule has 0 amide bonds. The van der Waals surface area contributed by atoms with Crippen LogP contribution in [-0.2, 0) is 4.74 Å². The van der Waals surface area contributed by atoms with Crippen LogP contribution in [0.15, 0.2) is 0 Å². The summed E-state index contributed by atoms with van der Waals surface area (Å²) in [5, 5.41) is 0. The molecule has 2 unspecified atom stereocenters. The van der Waals surface area contributed by atoms with E-state index in [-0.39, 0.29) is 12.1 Å². The molecule has 0 rings (SSSR count). The van der Waals surface area contributed by atoms with Crippen LogP contribution in [-0.4, -0.2) is 19.3 Å². The minimum Gasteiger partial charge on any atom is -0.380 e. The summed E-state index contributed by atoms with van der Waals surface area (Å²) < 4.78 is 5.33. The lowest BCUT2D eigenvalue weighted by Crippen LogP contribution is -2.44. The predicted molar refractivity (Wildman–Crippen MR) is 54.9 cm³/mol. The first-order valence-electron chi connectivity index (χ1n) is 4.72. The normalized spacial score (nSPS) is 14.9. The number of hydrazine groups is 1. The number of terminal acetylenes is 1. The van der Waals surface area contributed by atoms with Gasteiger partial charge in [0.2, 0.25) is 0 Å². The maximum Gasteiger partial charge on any atom is 0.0737 e. The molecule has 0 aliphatic rings. The summed E-state index contributed by atoms with van der Waals surface area (Å²) in [6, 6.07) is 0.168. The first-order valence-corrected chi connectivity index (χ1v) is 4.72. The summed E-state index contributed by atoms with van der Waals surface area (Å²) in [5.74, 6) is 8.02. The van der Waals surface area contributed by atoms with Gasteiger partial charge in [-0.15, -0.1) is 12.3 Å². The van der Waals surface area contributed by atoms with Gasteiger partial charge in [0, 0.05) is 19.6 Å². The van der Waals surface area contributed by atoms with Crippen molar-refractivity contribution < 1.29 is 4.74 Å². The van der Waals surface area contributed by atoms with Crippen molar-refractivity contribution in [2.24, 2.45) is 5.84 Å². The van der Waals surface area contributed by atoms with Crippen LogP contribution < -0.4 is 11.3 Å². The third-order valence-electron chi connectivity index (χ3n) is 2.14. The van der Waals surface area contributed by atoms with E-state index < -0.39 is 0 Å². The Morgan fingerprint density at radius 1 is 1.54 bits per heavy atom. The average Bonchev–Trinajstić information content (AvgIpc) is 2.17. The van der Waals surface area contributed by atoms with Crippen molar-refractivity contribution in [2.45, 2.75) is 44.8 Å². The minimum absolute atomic E-state index is 0.168. The molecule has 0 aliphatic carbocycles. The molecular formula is C10H20N2O. The van der Waals surface area contributed by atoms with Crippen molar-refractivity contribution in [3.63, 3.8) is 0 Å². The zero-order chi connectivity index (χ0) is 10.1. The molecule has 0 aromatic heterocycles. The lowest BCUT2D eigenvalue weighted by molar-refractivity contribution is 0.0586. The van der Waals surface area contributed by atoms with E-state index in [4.69, 9.17) is 17.0 Å². The van der Waals surface area contributed by atoms with E-state index in [1.807, 2.05) is 0 Å². The lowest BCUT2D eigenvalue weighted by atomic mass is 10.0. The van der Waals surface area contributed by atoms with E-state index >= 15 is 0 Å². The Kier molecular flexibility index (Phi) is 7.71. The van der Waals surface area contributed by atoms with Crippen LogP contribution in [0.4, 0.5) is 0 Å². The molecular weight excluding hydrogens is 164 g/mol. The van der Waals surface area contributed by atoms with Gasteiger partial charge in [0.05, 0.1) is 6.10 Å². The Morgan fingerprint density at radius 2 is 2.23 bits per heavy atom. The highest BCUT2D eigenvalue weighted by atomic mass is 16.5. The van der Waals surface area contributed by atoms with E-state index in [1.165, 1.54) is 0 Å². The SMILES string of the molecule is C#CCCC(NN)C(CCC)OC. The number of rotatable bonds is 7. The summed E-state index contributed by atoms with van der Waals surface area (Å²) in [6.45, 7) is 2.13. The molecule has 76 valence electrons. The Morgan fingerprint density at radius 3 is 2.62 bits per heavy atom. The second-order valence-corrected chi connectivity index (χ2v) is 3.08. The molecule has 0 saturated heterocycles. The van der Waals surface area contributed by atoms with Crippen LogP contribution in [0.3, 0.4) is 0 Å². The molecule has 3 N–H and O–H groups in total. The first kappa shape index (κ1) is 12.4. The zero-order valence-corrected chi connectivity index (χ0v) is 8.55. The summed E-state index contributed by atoms with van der Waals surface area (Å²) in [7, 11) is 1.71. The van der Waals surface area contributed by atoms with E-state index in [0.717, 1.165) is 25.7 Å². The fourth-order valence-electron chi connectivity index (χ4n) is 1.38. The molecule has 3 nitrogen and oxygen atoms in total. The van der Waals surface area contributed by atoms with Gasteiger partial charge < -0.3 is 4.74 Å². The molecule has 0 bridgehead atoms. The number of nitrogens with one attached hydrogen (secondary N) is 1. The summed E-state index contributed by atoms with van der Waals surface area (Å²) in [4.78, 5) is 0. The molecule has 0 aliphatic heterocycles. The second kappa shape index (κ2) is 8.06. The quantitative estimate of drug-likeness (QED) is 0.353. The molecule has 13 heavy (non-hydrogen) atoms. The standard InChI is InChI=1S/C10H20N2O/c1-4-6-8-9(12-11)10(13-3)7-5-2/h1,9-10,12H,5-8,11H2,2-3H3. The van der Waals surface area contributed by atoms with Gasteiger partial charge in [-0.05, 0) is 12.8 Å². The van der Waals surface area contributed by atoms with Crippen LogP contribution in [0, 0.1) is 12.3 Å². The van der Waals surface area contributed by atoms with Gasteiger partial charge in [0.25, 0.3) is 0 Å². The average molecular weight is 184 g/mol. The lowest BCUT2D eigenvalue weighted by Gasteiger charge is -2.24. The minimum atomic E-state index is 0.168. The molecule has 0 aromatic rings. The third-order valence-corrected chi connectivity index (χ3v) is 2.14. The molecule has 0 radical (unpaired) electrons. The highest BCUT2D eigenvalue weighted by molar-refractivity contribution is 4.87. The van der Waals surface area contributed by atoms with Crippen LogP contribution in [0.5, 0.6) is 0 Å². The number of ether oxygens (including phenoxy) is 1. The van der Waals surface area contributed by atoms with Crippen LogP contribution in [0.2, 0.25) is 0 Å². The maximum absolute atomic E-state index is 5.42. The van der Waals surface area contributed by atoms with Crippen LogP contribution >= 0.6 is 0 Å². The van der Waals surface area contributed by atoms with Gasteiger partial charge in [-0.1, -0.05) is 13.3 Å². The largest absolute Gasteiger partial charge is 0.380 e. The fraction of sp³-hybridized carbons (Fsp3) is 0.800. The molecule has 2 atom stereocenters. The van der Waals surface area contributed by atoms with Gasteiger partial charge in [0.15, 0.2) is 0 Å². The van der Waals surface area contributed by atoms with Gasteiger partial charge in [-0.2, -0.15) is 0 Å². The Labute approximate surface area is 81.0 Å². The Hall–Kier alpha value is -0.560. The number of methoxy groups -OCH3 is 1. The number of hydrogen-bond donors (Lipinski definition) is 2. The van der Waals surface area contributed by atoms with Gasteiger partial charge in [0.1, 0.15) is 0 Å². The van der Waals surface area contributed by atoms with Crippen molar-refractivity contribution >= 4 is 0 Å². The second-order valence-electron chi connectivity index (χ2n) is 3.08. The van der Waals surface area contributed by atoms with Crippen LogP contribution in [0.25, 0.3) is 0 Å². The van der Waals surface area contributed by atoms with Gasteiger partial charge >= 0.3 is 0 Å². The topological polar surface area (TPSA) is 47.3 Å². The highest BCUT2D eigenvalue weighted by Crippen LogP contribution is 2.10. The van der Waals surface area contributed by atoms with Crippen molar-refractivity contribution in [3.05, 3.63) is 0 Å². The molecule has 0 saturated carbocycles. The summed E-state index contributed by atoms with van der Waals surface area (Å²) in [5.41, 5.74) is 2.75. The fourth-order valence-corrected chi connectivity index (χ4v) is 1.38. The number of nitrogens with two attached hydrogens (primary N) is 1. The van der Waals surface area contributed by atoms with Crippen molar-refractivity contribution in [2.75, 3.05) is 7.11 Å². The van der Waals surface area contributed by atoms with Gasteiger partial charge in [-0.3, -0.25) is 11.3 Å². The zero-order valence-electron chi connectivity index (χ0n) is 8.55. The van der Waals surface area contributed by atoms with E-state index in [9.17, 15) is 0 Å². The molecule has 0 spiro atoms. The number of hydrogen-bond acceptors (Lipinski definition) is 3. The molecule has 0 aromatic carbocycles. The Bertz CT molecular complexity index is 153. The summed E-state index contributed by atoms with van der Waals surface area (Å²) >= 11 is 0. The monoisotopic (exact) mass is 184 g/mol. The van der Waals surface area contributed by atoms with Gasteiger partial charge in [-0.25, -0.2) is 0 Å². The molecule has 3 heteroatoms. The third kappa shape index (κ3) is 4.89. The molecule has 0 fully saturated rings. The molecule has 0 heterocycles. The van der Waals surface area contributed by atoms with E-state index in [0.29, 0.717) is 0 Å². The maximum atomic E-state index is 5.42. The predicted octanol–water partition coefficient (Wildman–Crippen LogP) is 1.05. The van der Waals surface area contributed by atoms with Crippen molar-refractivity contribution in [1.82, 2.24) is 5.43 Å².